The Hall–Kier alpha value is -2.21. The number of halogens is 2. The molecule has 0 heterocycles. The minimum Gasteiger partial charge on any atom is -0.347 e. The lowest BCUT2D eigenvalue weighted by Crippen LogP contribution is -2.36. The Kier molecular flexibility index (Phi) is 5.87. The minimum atomic E-state index is -0.717. The van der Waals surface area contributed by atoms with E-state index in [2.05, 4.69) is 26.6 Å². The predicted octanol–water partition coefficient (Wildman–Crippen LogP) is 3.19. The minimum absolute atomic E-state index is 0.303. The van der Waals surface area contributed by atoms with Crippen LogP contribution in [0.3, 0.4) is 0 Å². The van der Waals surface area contributed by atoms with Gasteiger partial charge in [0.1, 0.15) is 5.82 Å². The fraction of sp³-hybridized carbons (Fsp3) is 0.176. The zero-order chi connectivity index (χ0) is 16.8. The first-order valence-electron chi connectivity index (χ1n) is 7.05. The Morgan fingerprint density at radius 1 is 1.09 bits per heavy atom. The van der Waals surface area contributed by atoms with Crippen LogP contribution in [0.15, 0.2) is 46.9 Å². The fourth-order valence-electron chi connectivity index (χ4n) is 1.96. The van der Waals surface area contributed by atoms with Crippen LogP contribution in [0.2, 0.25) is 0 Å². The van der Waals surface area contributed by atoms with E-state index in [0.29, 0.717) is 18.7 Å². The first-order valence-corrected chi connectivity index (χ1v) is 7.85. The van der Waals surface area contributed by atoms with Gasteiger partial charge in [0.05, 0.1) is 0 Å². The average Bonchev–Trinajstić information content (AvgIpc) is 2.52. The third-order valence-electron chi connectivity index (χ3n) is 3.23. The Morgan fingerprint density at radius 2 is 1.78 bits per heavy atom. The number of carbonyl (C=O) groups excluding carboxylic acids is 2. The second kappa shape index (κ2) is 7.87. The highest BCUT2D eigenvalue weighted by molar-refractivity contribution is 9.10. The predicted molar refractivity (Wildman–Crippen MR) is 90.6 cm³/mol. The van der Waals surface area contributed by atoms with E-state index >= 15 is 0 Å². The summed E-state index contributed by atoms with van der Waals surface area (Å²) in [6, 6.07) is 11.3. The van der Waals surface area contributed by atoms with Crippen LogP contribution in [0, 0.1) is 12.7 Å². The summed E-state index contributed by atoms with van der Waals surface area (Å²) in [5, 5.41) is 5.08. The van der Waals surface area contributed by atoms with Crippen molar-refractivity contribution in [1.29, 1.82) is 0 Å². The van der Waals surface area contributed by atoms with E-state index in [0.717, 1.165) is 15.6 Å². The van der Waals surface area contributed by atoms with Crippen molar-refractivity contribution in [1.82, 2.24) is 5.32 Å². The van der Waals surface area contributed by atoms with Gasteiger partial charge in [-0.2, -0.15) is 0 Å². The number of rotatable bonds is 4. The van der Waals surface area contributed by atoms with Gasteiger partial charge in [0.15, 0.2) is 0 Å². The Balaban J connectivity index is 1.81. The number of aryl methyl sites for hydroxylation is 1. The lowest BCUT2D eigenvalue weighted by Gasteiger charge is -2.08. The molecule has 0 bridgehead atoms. The zero-order valence-corrected chi connectivity index (χ0v) is 14.1. The van der Waals surface area contributed by atoms with Crippen LogP contribution in [0.25, 0.3) is 0 Å². The van der Waals surface area contributed by atoms with E-state index in [1.165, 1.54) is 12.1 Å². The highest BCUT2D eigenvalue weighted by Crippen LogP contribution is 2.19. The second-order valence-electron chi connectivity index (χ2n) is 5.05. The van der Waals surface area contributed by atoms with Crippen molar-refractivity contribution in [3.8, 4) is 0 Å². The molecule has 2 aromatic carbocycles. The van der Waals surface area contributed by atoms with Crippen LogP contribution in [-0.4, -0.2) is 18.4 Å². The van der Waals surface area contributed by atoms with E-state index in [1.807, 2.05) is 6.92 Å². The van der Waals surface area contributed by atoms with Crippen LogP contribution in [0.1, 0.15) is 11.1 Å². The molecule has 0 aliphatic heterocycles. The van der Waals surface area contributed by atoms with Crippen LogP contribution < -0.4 is 10.6 Å². The molecular formula is C17H16BrFN2O2. The molecular weight excluding hydrogens is 363 g/mol. The summed E-state index contributed by atoms with van der Waals surface area (Å²) in [6.45, 7) is 2.19. The third kappa shape index (κ3) is 5.17. The summed E-state index contributed by atoms with van der Waals surface area (Å²) >= 11 is 3.37. The molecule has 120 valence electrons. The number of hydrogen-bond donors (Lipinski definition) is 2. The largest absolute Gasteiger partial charge is 0.347 e. The summed E-state index contributed by atoms with van der Waals surface area (Å²) in [6.07, 6.45) is 0.524. The van der Waals surface area contributed by atoms with Gasteiger partial charge < -0.3 is 10.6 Å². The van der Waals surface area contributed by atoms with Gasteiger partial charge >= 0.3 is 11.8 Å². The van der Waals surface area contributed by atoms with Crippen molar-refractivity contribution < 1.29 is 14.0 Å². The standard InChI is InChI=1S/C17H16BrFN2O2/c1-11-10-14(6-7-15(11)18)21-17(23)16(22)20-9-8-12-2-4-13(19)5-3-12/h2-7,10H,8-9H2,1H3,(H,20,22)(H,21,23). The summed E-state index contributed by atoms with van der Waals surface area (Å²) in [5.41, 5.74) is 2.40. The number of carbonyl (C=O) groups is 2. The van der Waals surface area contributed by atoms with E-state index in [1.54, 1.807) is 30.3 Å². The number of hydrogen-bond acceptors (Lipinski definition) is 2. The second-order valence-corrected chi connectivity index (χ2v) is 5.90. The summed E-state index contributed by atoms with van der Waals surface area (Å²) in [7, 11) is 0. The molecule has 0 aliphatic carbocycles. The molecule has 2 aromatic rings. The smallest absolute Gasteiger partial charge is 0.313 e. The van der Waals surface area contributed by atoms with Crippen molar-refractivity contribution in [3.05, 3.63) is 63.9 Å². The van der Waals surface area contributed by atoms with Gasteiger partial charge in [0, 0.05) is 16.7 Å². The first-order chi connectivity index (χ1) is 11.0. The van der Waals surface area contributed by atoms with Crippen molar-refractivity contribution in [3.63, 3.8) is 0 Å². The topological polar surface area (TPSA) is 58.2 Å². The van der Waals surface area contributed by atoms with Gasteiger partial charge in [0.25, 0.3) is 0 Å². The molecule has 0 radical (unpaired) electrons. The maximum absolute atomic E-state index is 12.8. The van der Waals surface area contributed by atoms with E-state index in [-0.39, 0.29) is 5.82 Å². The summed E-state index contributed by atoms with van der Waals surface area (Å²) in [5.74, 6) is -1.72. The Labute approximate surface area is 142 Å². The number of amides is 2. The van der Waals surface area contributed by atoms with Gasteiger partial charge in [-0.1, -0.05) is 28.1 Å². The van der Waals surface area contributed by atoms with Gasteiger partial charge in [-0.25, -0.2) is 4.39 Å². The monoisotopic (exact) mass is 378 g/mol. The molecule has 0 saturated heterocycles. The Bertz CT molecular complexity index is 717. The molecule has 0 atom stereocenters. The molecule has 0 unspecified atom stereocenters. The van der Waals surface area contributed by atoms with Crippen molar-refractivity contribution in [2.45, 2.75) is 13.3 Å². The van der Waals surface area contributed by atoms with Crippen LogP contribution in [-0.2, 0) is 16.0 Å². The van der Waals surface area contributed by atoms with Crippen molar-refractivity contribution in [2.75, 3.05) is 11.9 Å². The maximum Gasteiger partial charge on any atom is 0.313 e. The quantitative estimate of drug-likeness (QED) is 0.802. The molecule has 0 saturated carbocycles. The lowest BCUT2D eigenvalue weighted by molar-refractivity contribution is -0.136. The number of nitrogens with one attached hydrogen (secondary N) is 2. The highest BCUT2D eigenvalue weighted by Gasteiger charge is 2.13. The van der Waals surface area contributed by atoms with Crippen LogP contribution in [0.5, 0.6) is 0 Å². The Morgan fingerprint density at radius 3 is 2.43 bits per heavy atom. The van der Waals surface area contributed by atoms with E-state index in [4.69, 9.17) is 0 Å². The van der Waals surface area contributed by atoms with Gasteiger partial charge in [-0.05, 0) is 54.8 Å². The molecule has 0 aromatic heterocycles. The van der Waals surface area contributed by atoms with Crippen LogP contribution in [0.4, 0.5) is 10.1 Å². The zero-order valence-electron chi connectivity index (χ0n) is 12.5. The molecule has 2 rings (SSSR count). The third-order valence-corrected chi connectivity index (χ3v) is 4.12. The molecule has 2 amide bonds. The maximum atomic E-state index is 12.8. The lowest BCUT2D eigenvalue weighted by atomic mass is 10.1. The van der Waals surface area contributed by atoms with Gasteiger partial charge in [-0.3, -0.25) is 9.59 Å². The number of anilines is 1. The first kappa shape index (κ1) is 17.1. The molecule has 2 N–H and O–H groups in total. The van der Waals surface area contributed by atoms with Gasteiger partial charge in [-0.15, -0.1) is 0 Å². The fourth-order valence-corrected chi connectivity index (χ4v) is 2.21. The van der Waals surface area contributed by atoms with Gasteiger partial charge in [0.2, 0.25) is 0 Å². The normalized spacial score (nSPS) is 10.2. The average molecular weight is 379 g/mol. The number of benzene rings is 2. The SMILES string of the molecule is Cc1cc(NC(=O)C(=O)NCCc2ccc(F)cc2)ccc1Br. The van der Waals surface area contributed by atoms with Crippen molar-refractivity contribution >= 4 is 33.4 Å². The van der Waals surface area contributed by atoms with E-state index in [9.17, 15) is 14.0 Å². The van der Waals surface area contributed by atoms with Crippen LogP contribution >= 0.6 is 15.9 Å². The molecule has 4 nitrogen and oxygen atoms in total. The molecule has 0 fully saturated rings. The molecule has 23 heavy (non-hydrogen) atoms. The molecule has 0 aliphatic rings. The summed E-state index contributed by atoms with van der Waals surface area (Å²) in [4.78, 5) is 23.6. The molecule has 6 heteroatoms. The van der Waals surface area contributed by atoms with E-state index < -0.39 is 11.8 Å². The highest BCUT2D eigenvalue weighted by atomic mass is 79.9. The summed E-state index contributed by atoms with van der Waals surface area (Å²) < 4.78 is 13.7. The molecule has 0 spiro atoms. The van der Waals surface area contributed by atoms with Crippen molar-refractivity contribution in [2.24, 2.45) is 0 Å².